The number of hydrogen-bond donors (Lipinski definition) is 2. The van der Waals surface area contributed by atoms with E-state index in [1.54, 1.807) is 12.1 Å². The van der Waals surface area contributed by atoms with Gasteiger partial charge in [-0.2, -0.15) is 0 Å². The first-order valence-electron chi connectivity index (χ1n) is 7.78. The van der Waals surface area contributed by atoms with Gasteiger partial charge in [0, 0.05) is 11.1 Å². The molecule has 0 radical (unpaired) electrons. The van der Waals surface area contributed by atoms with Crippen molar-refractivity contribution < 1.29 is 9.18 Å². The molecule has 8 heteroatoms. The van der Waals surface area contributed by atoms with Gasteiger partial charge in [-0.05, 0) is 36.4 Å². The van der Waals surface area contributed by atoms with Crippen molar-refractivity contribution in [1.82, 2.24) is 9.97 Å². The average Bonchev–Trinajstić information content (AvgIpc) is 3.22. The van der Waals surface area contributed by atoms with E-state index in [-0.39, 0.29) is 18.1 Å². The number of halogens is 1. The summed E-state index contributed by atoms with van der Waals surface area (Å²) in [6.07, 6.45) is 0.164. The van der Waals surface area contributed by atoms with Crippen molar-refractivity contribution >= 4 is 54.7 Å². The fourth-order valence-electron chi connectivity index (χ4n) is 2.36. The van der Waals surface area contributed by atoms with Crippen molar-refractivity contribution in [1.29, 1.82) is 0 Å². The SMILES string of the molecule is O=C(Cc1csc(Nc2ccc(F)cc2)n1)Nc1nc2ccccc2s1. The van der Waals surface area contributed by atoms with Gasteiger partial charge in [0.1, 0.15) is 5.82 Å². The minimum absolute atomic E-state index is 0.164. The molecule has 5 nitrogen and oxygen atoms in total. The van der Waals surface area contributed by atoms with E-state index in [1.165, 1.54) is 34.8 Å². The lowest BCUT2D eigenvalue weighted by molar-refractivity contribution is -0.115. The zero-order valence-electron chi connectivity index (χ0n) is 13.4. The number of fused-ring (bicyclic) bond motifs is 1. The number of carbonyl (C=O) groups excluding carboxylic acids is 1. The fraction of sp³-hybridized carbons (Fsp3) is 0.0556. The predicted molar refractivity (Wildman–Crippen MR) is 104 cm³/mol. The van der Waals surface area contributed by atoms with Gasteiger partial charge in [0.25, 0.3) is 0 Å². The molecular formula is C18H13FN4OS2. The highest BCUT2D eigenvalue weighted by Crippen LogP contribution is 2.26. The predicted octanol–water partition coefficient (Wildman–Crippen LogP) is 4.82. The van der Waals surface area contributed by atoms with Crippen LogP contribution in [0.2, 0.25) is 0 Å². The smallest absolute Gasteiger partial charge is 0.232 e. The summed E-state index contributed by atoms with van der Waals surface area (Å²) >= 11 is 2.83. The van der Waals surface area contributed by atoms with Crippen LogP contribution in [0.15, 0.2) is 53.9 Å². The number of hydrogen-bond acceptors (Lipinski definition) is 6. The first-order chi connectivity index (χ1) is 12.7. The molecule has 1 amide bonds. The largest absolute Gasteiger partial charge is 0.332 e. The van der Waals surface area contributed by atoms with Crippen LogP contribution in [0.1, 0.15) is 5.69 Å². The Morgan fingerprint density at radius 3 is 2.65 bits per heavy atom. The minimum Gasteiger partial charge on any atom is -0.332 e. The third-order valence-electron chi connectivity index (χ3n) is 3.53. The highest BCUT2D eigenvalue weighted by atomic mass is 32.1. The first-order valence-corrected chi connectivity index (χ1v) is 9.48. The van der Waals surface area contributed by atoms with Crippen LogP contribution >= 0.6 is 22.7 Å². The summed E-state index contributed by atoms with van der Waals surface area (Å²) in [6.45, 7) is 0. The second kappa shape index (κ2) is 7.19. The van der Waals surface area contributed by atoms with Crippen LogP contribution in [-0.2, 0) is 11.2 Å². The molecule has 4 aromatic rings. The molecule has 0 atom stereocenters. The van der Waals surface area contributed by atoms with Crippen LogP contribution in [0.5, 0.6) is 0 Å². The first kappa shape index (κ1) is 16.6. The Balaban J connectivity index is 1.38. The van der Waals surface area contributed by atoms with Crippen LogP contribution in [-0.4, -0.2) is 15.9 Å². The number of para-hydroxylation sites is 1. The number of nitrogens with zero attached hydrogens (tertiary/aromatic N) is 2. The lowest BCUT2D eigenvalue weighted by atomic mass is 10.3. The number of anilines is 3. The Morgan fingerprint density at radius 2 is 1.85 bits per heavy atom. The van der Waals surface area contributed by atoms with Gasteiger partial charge >= 0.3 is 0 Å². The van der Waals surface area contributed by atoms with Gasteiger partial charge in [-0.25, -0.2) is 14.4 Å². The van der Waals surface area contributed by atoms with Crippen LogP contribution in [0.25, 0.3) is 10.2 Å². The van der Waals surface area contributed by atoms with Gasteiger partial charge in [-0.1, -0.05) is 23.5 Å². The summed E-state index contributed by atoms with van der Waals surface area (Å²) in [5, 5.41) is 8.96. The fourth-order valence-corrected chi connectivity index (χ4v) is 3.97. The molecule has 26 heavy (non-hydrogen) atoms. The second-order valence-electron chi connectivity index (χ2n) is 5.49. The summed E-state index contributed by atoms with van der Waals surface area (Å²) in [4.78, 5) is 21.0. The number of amides is 1. The van der Waals surface area contributed by atoms with Gasteiger partial charge in [-0.3, -0.25) is 4.79 Å². The van der Waals surface area contributed by atoms with Crippen molar-refractivity contribution in [2.45, 2.75) is 6.42 Å². The number of rotatable bonds is 5. The van der Waals surface area contributed by atoms with Gasteiger partial charge < -0.3 is 10.6 Å². The summed E-state index contributed by atoms with van der Waals surface area (Å²) in [5.74, 6) is -0.454. The van der Waals surface area contributed by atoms with E-state index in [1.807, 2.05) is 29.6 Å². The topological polar surface area (TPSA) is 66.9 Å². The monoisotopic (exact) mass is 384 g/mol. The minimum atomic E-state index is -0.290. The molecule has 0 bridgehead atoms. The van der Waals surface area contributed by atoms with E-state index in [2.05, 4.69) is 20.6 Å². The van der Waals surface area contributed by atoms with Crippen molar-refractivity contribution in [3.05, 3.63) is 65.4 Å². The number of thiazole rings is 2. The van der Waals surface area contributed by atoms with Gasteiger partial charge in [0.15, 0.2) is 10.3 Å². The molecular weight excluding hydrogens is 371 g/mol. The van der Waals surface area contributed by atoms with E-state index in [0.29, 0.717) is 16.0 Å². The van der Waals surface area contributed by atoms with Crippen LogP contribution < -0.4 is 10.6 Å². The molecule has 0 saturated heterocycles. The number of aromatic nitrogens is 2. The molecule has 0 spiro atoms. The van der Waals surface area contributed by atoms with Gasteiger partial charge in [-0.15, -0.1) is 11.3 Å². The van der Waals surface area contributed by atoms with E-state index < -0.39 is 0 Å². The Bertz CT molecular complexity index is 1030. The molecule has 2 N–H and O–H groups in total. The Morgan fingerprint density at radius 1 is 1.04 bits per heavy atom. The molecule has 0 saturated carbocycles. The molecule has 0 aliphatic carbocycles. The zero-order valence-corrected chi connectivity index (χ0v) is 15.0. The van der Waals surface area contributed by atoms with Crippen molar-refractivity contribution in [3.63, 3.8) is 0 Å². The maximum Gasteiger partial charge on any atom is 0.232 e. The average molecular weight is 384 g/mol. The number of nitrogens with one attached hydrogen (secondary N) is 2. The molecule has 2 aromatic heterocycles. The van der Waals surface area contributed by atoms with E-state index in [9.17, 15) is 9.18 Å². The van der Waals surface area contributed by atoms with E-state index >= 15 is 0 Å². The molecule has 0 unspecified atom stereocenters. The van der Waals surface area contributed by atoms with Crippen molar-refractivity contribution in [2.24, 2.45) is 0 Å². The molecule has 0 aliphatic rings. The number of benzene rings is 2. The van der Waals surface area contributed by atoms with Crippen LogP contribution in [0.4, 0.5) is 20.3 Å². The second-order valence-corrected chi connectivity index (χ2v) is 7.38. The summed E-state index contributed by atoms with van der Waals surface area (Å²) < 4.78 is 14.0. The summed E-state index contributed by atoms with van der Waals surface area (Å²) in [6, 6.07) is 13.8. The van der Waals surface area contributed by atoms with E-state index in [4.69, 9.17) is 0 Å². The molecule has 130 valence electrons. The van der Waals surface area contributed by atoms with Gasteiger partial charge in [0.05, 0.1) is 22.3 Å². The summed E-state index contributed by atoms with van der Waals surface area (Å²) in [5.41, 5.74) is 2.27. The molecule has 2 aromatic carbocycles. The molecule has 2 heterocycles. The van der Waals surface area contributed by atoms with Crippen molar-refractivity contribution in [2.75, 3.05) is 10.6 Å². The zero-order chi connectivity index (χ0) is 17.9. The normalized spacial score (nSPS) is 10.8. The molecule has 0 aliphatic heterocycles. The van der Waals surface area contributed by atoms with Gasteiger partial charge in [0.2, 0.25) is 5.91 Å². The molecule has 0 fully saturated rings. The number of carbonyl (C=O) groups is 1. The third-order valence-corrected chi connectivity index (χ3v) is 5.29. The maximum atomic E-state index is 12.9. The van der Waals surface area contributed by atoms with Crippen LogP contribution in [0, 0.1) is 5.82 Å². The van der Waals surface area contributed by atoms with Crippen LogP contribution in [0.3, 0.4) is 0 Å². The highest BCUT2D eigenvalue weighted by Gasteiger charge is 2.11. The maximum absolute atomic E-state index is 12.9. The van der Waals surface area contributed by atoms with Crippen molar-refractivity contribution in [3.8, 4) is 0 Å². The Kier molecular flexibility index (Phi) is 4.59. The quantitative estimate of drug-likeness (QED) is 0.518. The summed E-state index contributed by atoms with van der Waals surface area (Å²) in [7, 11) is 0. The lowest BCUT2D eigenvalue weighted by Gasteiger charge is -2.01. The highest BCUT2D eigenvalue weighted by molar-refractivity contribution is 7.22. The Labute approximate surface area is 156 Å². The molecule has 4 rings (SSSR count). The lowest BCUT2D eigenvalue weighted by Crippen LogP contribution is -2.14. The standard InChI is InChI=1S/C18H13FN4OS2/c19-11-5-7-12(8-6-11)20-17-21-13(10-25-17)9-16(24)23-18-22-14-3-1-2-4-15(14)26-18/h1-8,10H,9H2,(H,20,21)(H,22,23,24). The van der Waals surface area contributed by atoms with E-state index in [0.717, 1.165) is 15.9 Å². The Hall–Kier alpha value is -2.84. The third kappa shape index (κ3) is 3.87.